The lowest BCUT2D eigenvalue weighted by atomic mass is 10.1. The van der Waals surface area contributed by atoms with Gasteiger partial charge in [0.15, 0.2) is 0 Å². The Hall–Kier alpha value is -1.30. The highest BCUT2D eigenvalue weighted by Gasteiger charge is 2.31. The molecule has 16 heavy (non-hydrogen) atoms. The van der Waals surface area contributed by atoms with Crippen LogP contribution < -0.4 is 0 Å². The number of methoxy groups -OCH3 is 1. The number of hydrogen-bond donors (Lipinski definition) is 0. The van der Waals surface area contributed by atoms with E-state index >= 15 is 0 Å². The van der Waals surface area contributed by atoms with E-state index in [1.165, 1.54) is 0 Å². The largest absolute Gasteiger partial charge is 0.469 e. The molecule has 0 saturated carbocycles. The lowest BCUT2D eigenvalue weighted by Crippen LogP contribution is -2.10. The molecular formula is C9H7ClF3NO2. The Balaban J connectivity index is 3.04. The first-order valence-corrected chi connectivity index (χ1v) is 4.51. The van der Waals surface area contributed by atoms with E-state index in [4.69, 9.17) is 11.6 Å². The van der Waals surface area contributed by atoms with Crippen LogP contribution in [-0.2, 0) is 22.1 Å². The molecule has 1 heterocycles. The molecule has 0 atom stereocenters. The van der Waals surface area contributed by atoms with Gasteiger partial charge in [-0.25, -0.2) is 4.98 Å². The molecule has 88 valence electrons. The van der Waals surface area contributed by atoms with Gasteiger partial charge in [0.25, 0.3) is 0 Å². The Kier molecular flexibility index (Phi) is 3.74. The summed E-state index contributed by atoms with van der Waals surface area (Å²) in [5.74, 6) is -0.678. The van der Waals surface area contributed by atoms with Gasteiger partial charge >= 0.3 is 12.1 Å². The van der Waals surface area contributed by atoms with Gasteiger partial charge in [0.2, 0.25) is 0 Å². The van der Waals surface area contributed by atoms with E-state index in [9.17, 15) is 18.0 Å². The van der Waals surface area contributed by atoms with E-state index in [1.807, 2.05) is 0 Å². The Labute approximate surface area is 94.2 Å². The van der Waals surface area contributed by atoms with Crippen LogP contribution in [0.15, 0.2) is 12.3 Å². The number of nitrogens with zero attached hydrogens (tertiary/aromatic N) is 1. The van der Waals surface area contributed by atoms with Gasteiger partial charge < -0.3 is 4.74 Å². The van der Waals surface area contributed by atoms with E-state index in [1.54, 1.807) is 0 Å². The molecule has 0 amide bonds. The molecule has 7 heteroatoms. The Morgan fingerprint density at radius 2 is 2.19 bits per heavy atom. The number of rotatable bonds is 2. The minimum atomic E-state index is -4.51. The minimum Gasteiger partial charge on any atom is -0.469 e. The van der Waals surface area contributed by atoms with Crippen LogP contribution >= 0.6 is 11.6 Å². The fourth-order valence-electron chi connectivity index (χ4n) is 1.00. The number of aromatic nitrogens is 1. The lowest BCUT2D eigenvalue weighted by molar-refractivity contribution is -0.140. The van der Waals surface area contributed by atoms with Crippen LogP contribution in [0.4, 0.5) is 13.2 Å². The number of esters is 1. The van der Waals surface area contributed by atoms with E-state index in [0.717, 1.165) is 13.2 Å². The maximum atomic E-state index is 12.3. The number of halogens is 4. The van der Waals surface area contributed by atoms with Crippen LogP contribution in [-0.4, -0.2) is 18.1 Å². The fraction of sp³-hybridized carbons (Fsp3) is 0.333. The third-order valence-corrected chi connectivity index (χ3v) is 2.14. The number of carbonyl (C=O) groups is 1. The average molecular weight is 254 g/mol. The predicted molar refractivity (Wildman–Crippen MR) is 50.0 cm³/mol. The van der Waals surface area contributed by atoms with Gasteiger partial charge in [0.05, 0.1) is 19.1 Å². The van der Waals surface area contributed by atoms with Gasteiger partial charge in [0, 0.05) is 11.8 Å². The summed E-state index contributed by atoms with van der Waals surface area (Å²) >= 11 is 5.56. The van der Waals surface area contributed by atoms with Crippen molar-refractivity contribution in [3.8, 4) is 0 Å². The number of hydrogen-bond acceptors (Lipinski definition) is 3. The zero-order chi connectivity index (χ0) is 12.3. The van der Waals surface area contributed by atoms with Gasteiger partial charge in [-0.2, -0.15) is 13.2 Å². The highest BCUT2D eigenvalue weighted by molar-refractivity contribution is 6.30. The molecule has 0 aliphatic carbocycles. The third kappa shape index (κ3) is 3.10. The highest BCUT2D eigenvalue weighted by atomic mass is 35.5. The summed E-state index contributed by atoms with van der Waals surface area (Å²) in [6.07, 6.45) is -4.24. The van der Waals surface area contributed by atoms with Gasteiger partial charge in [-0.05, 0) is 6.07 Å². The van der Waals surface area contributed by atoms with E-state index < -0.39 is 17.7 Å². The maximum absolute atomic E-state index is 12.3. The van der Waals surface area contributed by atoms with Crippen molar-refractivity contribution in [1.29, 1.82) is 0 Å². The van der Waals surface area contributed by atoms with Gasteiger partial charge in [0.1, 0.15) is 5.15 Å². The molecule has 0 fully saturated rings. The Bertz CT molecular complexity index is 406. The Morgan fingerprint density at radius 3 is 2.69 bits per heavy atom. The first kappa shape index (κ1) is 12.8. The van der Waals surface area contributed by atoms with Crippen molar-refractivity contribution in [3.05, 3.63) is 28.5 Å². The monoisotopic (exact) mass is 253 g/mol. The molecule has 3 nitrogen and oxygen atoms in total. The van der Waals surface area contributed by atoms with Crippen molar-refractivity contribution in [1.82, 2.24) is 4.98 Å². The molecule has 0 bridgehead atoms. The molecule has 0 aromatic carbocycles. The van der Waals surface area contributed by atoms with Crippen molar-refractivity contribution in [3.63, 3.8) is 0 Å². The summed E-state index contributed by atoms with van der Waals surface area (Å²) in [6, 6.07) is 0.784. The molecule has 0 aliphatic heterocycles. The van der Waals surface area contributed by atoms with Crippen molar-refractivity contribution in [2.45, 2.75) is 12.6 Å². The minimum absolute atomic E-state index is 0.0108. The molecule has 1 aromatic heterocycles. The van der Waals surface area contributed by atoms with Crippen LogP contribution in [0.5, 0.6) is 0 Å². The maximum Gasteiger partial charge on any atom is 0.417 e. The van der Waals surface area contributed by atoms with Crippen LogP contribution in [0.2, 0.25) is 5.15 Å². The highest BCUT2D eigenvalue weighted by Crippen LogP contribution is 2.30. The van der Waals surface area contributed by atoms with Crippen molar-refractivity contribution >= 4 is 17.6 Å². The molecule has 0 N–H and O–H groups in total. The second kappa shape index (κ2) is 4.69. The van der Waals surface area contributed by atoms with Crippen LogP contribution in [0.25, 0.3) is 0 Å². The third-order valence-electron chi connectivity index (χ3n) is 1.80. The second-order valence-electron chi connectivity index (χ2n) is 2.92. The average Bonchev–Trinajstić information content (AvgIpc) is 2.19. The molecule has 0 aliphatic rings. The smallest absolute Gasteiger partial charge is 0.417 e. The topological polar surface area (TPSA) is 39.2 Å². The number of ether oxygens (including phenoxy) is 1. The van der Waals surface area contributed by atoms with Gasteiger partial charge in [-0.1, -0.05) is 11.6 Å². The first-order chi connectivity index (χ1) is 7.34. The SMILES string of the molecule is COC(=O)Cc1cc(C(F)(F)F)cnc1Cl. The zero-order valence-electron chi connectivity index (χ0n) is 8.14. The molecule has 0 unspecified atom stereocenters. The van der Waals surface area contributed by atoms with E-state index in [-0.39, 0.29) is 17.1 Å². The Morgan fingerprint density at radius 1 is 1.56 bits per heavy atom. The predicted octanol–water partition coefficient (Wildman–Crippen LogP) is 2.47. The van der Waals surface area contributed by atoms with Crippen LogP contribution in [0.3, 0.4) is 0 Å². The molecule has 0 radical (unpaired) electrons. The summed E-state index contributed by atoms with van der Waals surface area (Å²) in [6.45, 7) is 0. The molecular weight excluding hydrogens is 247 g/mol. The van der Waals surface area contributed by atoms with Crippen molar-refractivity contribution in [2.24, 2.45) is 0 Å². The van der Waals surface area contributed by atoms with E-state index in [0.29, 0.717) is 6.20 Å². The summed E-state index contributed by atoms with van der Waals surface area (Å²) in [7, 11) is 1.14. The summed E-state index contributed by atoms with van der Waals surface area (Å²) in [5.41, 5.74) is -0.959. The van der Waals surface area contributed by atoms with Crippen molar-refractivity contribution in [2.75, 3.05) is 7.11 Å². The number of pyridine rings is 1. The summed E-state index contributed by atoms with van der Waals surface area (Å²) < 4.78 is 41.3. The quantitative estimate of drug-likeness (QED) is 0.600. The number of alkyl halides is 3. The van der Waals surface area contributed by atoms with Gasteiger partial charge in [-0.15, -0.1) is 0 Å². The molecule has 1 aromatic rings. The molecule has 1 rings (SSSR count). The normalized spacial score (nSPS) is 11.3. The first-order valence-electron chi connectivity index (χ1n) is 4.13. The molecule has 0 spiro atoms. The van der Waals surface area contributed by atoms with Crippen molar-refractivity contribution < 1.29 is 22.7 Å². The summed E-state index contributed by atoms with van der Waals surface area (Å²) in [4.78, 5) is 14.3. The number of carbonyl (C=O) groups excluding carboxylic acids is 1. The fourth-order valence-corrected chi connectivity index (χ4v) is 1.17. The van der Waals surface area contributed by atoms with Crippen LogP contribution in [0, 0.1) is 0 Å². The van der Waals surface area contributed by atoms with Crippen LogP contribution in [0.1, 0.15) is 11.1 Å². The molecule has 0 saturated heterocycles. The van der Waals surface area contributed by atoms with E-state index in [2.05, 4.69) is 9.72 Å². The summed E-state index contributed by atoms with van der Waals surface area (Å²) in [5, 5.41) is -0.140. The lowest BCUT2D eigenvalue weighted by Gasteiger charge is -2.08. The standard InChI is InChI=1S/C9H7ClF3NO2/c1-16-7(15)3-5-2-6(9(11,12)13)4-14-8(5)10/h2,4H,3H2,1H3. The zero-order valence-corrected chi connectivity index (χ0v) is 8.89. The second-order valence-corrected chi connectivity index (χ2v) is 3.28. The van der Waals surface area contributed by atoms with Gasteiger partial charge in [-0.3, -0.25) is 4.79 Å².